The molecule has 2 rings (SSSR count). The first-order chi connectivity index (χ1) is 7.22. The van der Waals surface area contributed by atoms with E-state index in [1.165, 1.54) is 6.92 Å². The van der Waals surface area contributed by atoms with E-state index in [9.17, 15) is 4.79 Å². The van der Waals surface area contributed by atoms with Crippen molar-refractivity contribution in [3.63, 3.8) is 0 Å². The van der Waals surface area contributed by atoms with Crippen LogP contribution in [0.5, 0.6) is 11.5 Å². The maximum atomic E-state index is 11.4. The van der Waals surface area contributed by atoms with Crippen LogP contribution in [-0.4, -0.2) is 19.7 Å². The summed E-state index contributed by atoms with van der Waals surface area (Å²) in [6.45, 7) is 2.13. The Bertz CT molecular complexity index is 398. The minimum Gasteiger partial charge on any atom is -0.454 e. The maximum Gasteiger partial charge on any atom is 0.231 e. The van der Waals surface area contributed by atoms with Crippen molar-refractivity contribution in [2.75, 3.05) is 13.9 Å². The molecule has 4 heteroatoms. The summed E-state index contributed by atoms with van der Waals surface area (Å²) in [5, 5.41) is 0. The first-order valence-electron chi connectivity index (χ1n) is 4.64. The predicted molar refractivity (Wildman–Crippen MR) is 53.3 cm³/mol. The Morgan fingerprint density at radius 3 is 2.67 bits per heavy atom. The molecule has 0 aromatic heterocycles. The van der Waals surface area contributed by atoms with Gasteiger partial charge in [0, 0.05) is 12.7 Å². The summed E-state index contributed by atoms with van der Waals surface area (Å²) in [7, 11) is 1.59. The summed E-state index contributed by atoms with van der Waals surface area (Å²) in [5.41, 5.74) is 1.45. The third-order valence-electron chi connectivity index (χ3n) is 2.28. The van der Waals surface area contributed by atoms with Gasteiger partial charge in [0.25, 0.3) is 0 Å². The molecule has 1 aromatic rings. The highest BCUT2D eigenvalue weighted by Gasteiger charge is 2.18. The Labute approximate surface area is 87.8 Å². The van der Waals surface area contributed by atoms with E-state index in [-0.39, 0.29) is 12.6 Å². The highest BCUT2D eigenvalue weighted by Crippen LogP contribution is 2.35. The van der Waals surface area contributed by atoms with Crippen LogP contribution >= 0.6 is 0 Å². The summed E-state index contributed by atoms with van der Waals surface area (Å²) in [4.78, 5) is 11.4. The molecule has 1 aromatic carbocycles. The molecule has 0 fully saturated rings. The number of methoxy groups -OCH3 is 1. The van der Waals surface area contributed by atoms with Crippen LogP contribution in [0, 0.1) is 0 Å². The average molecular weight is 208 g/mol. The number of hydrogen-bond donors (Lipinski definition) is 0. The van der Waals surface area contributed by atoms with Crippen molar-refractivity contribution in [3.05, 3.63) is 23.3 Å². The third kappa shape index (κ3) is 1.80. The second-order valence-electron chi connectivity index (χ2n) is 3.35. The van der Waals surface area contributed by atoms with Crippen LogP contribution in [0.2, 0.25) is 0 Å². The smallest absolute Gasteiger partial charge is 0.231 e. The molecule has 15 heavy (non-hydrogen) atoms. The van der Waals surface area contributed by atoms with Crippen LogP contribution in [0.3, 0.4) is 0 Å². The molecular formula is C11H12O4. The number of carbonyl (C=O) groups is 1. The number of carbonyl (C=O) groups excluding carboxylic acids is 1. The Hall–Kier alpha value is -1.55. The zero-order valence-electron chi connectivity index (χ0n) is 8.70. The summed E-state index contributed by atoms with van der Waals surface area (Å²) in [5.74, 6) is 1.30. The third-order valence-corrected chi connectivity index (χ3v) is 2.28. The van der Waals surface area contributed by atoms with E-state index in [0.29, 0.717) is 23.7 Å². The molecule has 0 unspecified atom stereocenters. The molecule has 1 heterocycles. The van der Waals surface area contributed by atoms with Crippen LogP contribution < -0.4 is 9.47 Å². The first-order valence-corrected chi connectivity index (χ1v) is 4.64. The number of fused-ring (bicyclic) bond motifs is 1. The lowest BCUT2D eigenvalue weighted by atomic mass is 10.0. The lowest BCUT2D eigenvalue weighted by Crippen LogP contribution is -2.00. The van der Waals surface area contributed by atoms with Gasteiger partial charge in [-0.1, -0.05) is 0 Å². The SMILES string of the molecule is COCc1cc2c(cc1C(C)=O)OCO2. The lowest BCUT2D eigenvalue weighted by Gasteiger charge is -2.07. The number of Topliss-reactive ketones (excluding diaryl/α,β-unsaturated/α-hetero) is 1. The topological polar surface area (TPSA) is 44.8 Å². The second-order valence-corrected chi connectivity index (χ2v) is 3.35. The van der Waals surface area contributed by atoms with Crippen molar-refractivity contribution in [1.29, 1.82) is 0 Å². The molecular weight excluding hydrogens is 196 g/mol. The Morgan fingerprint density at radius 1 is 1.40 bits per heavy atom. The van der Waals surface area contributed by atoms with Crippen molar-refractivity contribution < 1.29 is 19.0 Å². The first kappa shape index (κ1) is 9.98. The van der Waals surface area contributed by atoms with Crippen LogP contribution in [0.1, 0.15) is 22.8 Å². The van der Waals surface area contributed by atoms with Gasteiger partial charge in [-0.2, -0.15) is 0 Å². The largest absolute Gasteiger partial charge is 0.454 e. The van der Waals surface area contributed by atoms with E-state index in [1.54, 1.807) is 19.2 Å². The quantitative estimate of drug-likeness (QED) is 0.710. The van der Waals surface area contributed by atoms with Gasteiger partial charge >= 0.3 is 0 Å². The van der Waals surface area contributed by atoms with Crippen LogP contribution in [0.25, 0.3) is 0 Å². The van der Waals surface area contributed by atoms with E-state index >= 15 is 0 Å². The van der Waals surface area contributed by atoms with Crippen LogP contribution in [0.4, 0.5) is 0 Å². The zero-order chi connectivity index (χ0) is 10.8. The highest BCUT2D eigenvalue weighted by atomic mass is 16.7. The van der Waals surface area contributed by atoms with Gasteiger partial charge < -0.3 is 14.2 Å². The molecule has 80 valence electrons. The van der Waals surface area contributed by atoms with Gasteiger partial charge in [0.15, 0.2) is 17.3 Å². The van der Waals surface area contributed by atoms with Gasteiger partial charge in [-0.25, -0.2) is 0 Å². The van der Waals surface area contributed by atoms with Crippen molar-refractivity contribution >= 4 is 5.78 Å². The molecule has 0 spiro atoms. The van der Waals surface area contributed by atoms with Crippen molar-refractivity contribution in [2.45, 2.75) is 13.5 Å². The van der Waals surface area contributed by atoms with E-state index in [2.05, 4.69) is 0 Å². The summed E-state index contributed by atoms with van der Waals surface area (Å²) in [6, 6.07) is 3.50. The fraction of sp³-hybridized carbons (Fsp3) is 0.364. The summed E-state index contributed by atoms with van der Waals surface area (Å²) in [6.07, 6.45) is 0. The van der Waals surface area contributed by atoms with E-state index < -0.39 is 0 Å². The highest BCUT2D eigenvalue weighted by molar-refractivity contribution is 5.96. The molecule has 1 aliphatic rings. The number of hydrogen-bond acceptors (Lipinski definition) is 4. The van der Waals surface area contributed by atoms with Crippen LogP contribution in [0.15, 0.2) is 12.1 Å². The fourth-order valence-corrected chi connectivity index (χ4v) is 1.59. The van der Waals surface area contributed by atoms with Gasteiger partial charge in [-0.05, 0) is 24.6 Å². The molecule has 0 radical (unpaired) electrons. The predicted octanol–water partition coefficient (Wildman–Crippen LogP) is 1.76. The maximum absolute atomic E-state index is 11.4. The molecule has 4 nitrogen and oxygen atoms in total. The molecule has 1 aliphatic heterocycles. The molecule has 0 atom stereocenters. The Kier molecular flexibility index (Phi) is 2.60. The Balaban J connectivity index is 2.47. The van der Waals surface area contributed by atoms with Crippen molar-refractivity contribution in [2.24, 2.45) is 0 Å². The molecule has 0 amide bonds. The molecule has 0 aliphatic carbocycles. The molecule has 0 saturated heterocycles. The van der Waals surface area contributed by atoms with Crippen LogP contribution in [-0.2, 0) is 11.3 Å². The van der Waals surface area contributed by atoms with E-state index in [1.807, 2.05) is 0 Å². The standard InChI is InChI=1S/C11H12O4/c1-7(12)9-4-11-10(14-6-15-11)3-8(9)5-13-2/h3-4H,5-6H2,1-2H3. The fourth-order valence-electron chi connectivity index (χ4n) is 1.59. The zero-order valence-corrected chi connectivity index (χ0v) is 8.70. The number of rotatable bonds is 3. The Morgan fingerprint density at radius 2 is 2.07 bits per heavy atom. The minimum atomic E-state index is 0.000324. The monoisotopic (exact) mass is 208 g/mol. The lowest BCUT2D eigenvalue weighted by molar-refractivity contribution is 0.101. The van der Waals surface area contributed by atoms with Gasteiger partial charge in [-0.3, -0.25) is 4.79 Å². The number of ketones is 1. The van der Waals surface area contributed by atoms with E-state index in [4.69, 9.17) is 14.2 Å². The van der Waals surface area contributed by atoms with Gasteiger partial charge in [0.1, 0.15) is 0 Å². The average Bonchev–Trinajstić information content (AvgIpc) is 2.63. The second kappa shape index (κ2) is 3.90. The van der Waals surface area contributed by atoms with Crippen molar-refractivity contribution in [1.82, 2.24) is 0 Å². The summed E-state index contributed by atoms with van der Waals surface area (Å²) >= 11 is 0. The summed E-state index contributed by atoms with van der Waals surface area (Å²) < 4.78 is 15.5. The normalized spacial score (nSPS) is 12.9. The molecule has 0 saturated carbocycles. The van der Waals surface area contributed by atoms with Gasteiger partial charge in [0.05, 0.1) is 6.61 Å². The number of ether oxygens (including phenoxy) is 3. The van der Waals surface area contributed by atoms with Crippen molar-refractivity contribution in [3.8, 4) is 11.5 Å². The van der Waals surface area contributed by atoms with E-state index in [0.717, 1.165) is 5.56 Å². The molecule has 0 N–H and O–H groups in total. The van der Waals surface area contributed by atoms with Gasteiger partial charge in [0.2, 0.25) is 6.79 Å². The van der Waals surface area contributed by atoms with Gasteiger partial charge in [-0.15, -0.1) is 0 Å². The number of benzene rings is 1. The minimum absolute atomic E-state index is 0.000324. The molecule has 0 bridgehead atoms.